The van der Waals surface area contributed by atoms with Crippen molar-refractivity contribution >= 4 is 5.97 Å². The normalized spacial score (nSPS) is 12.4. The lowest BCUT2D eigenvalue weighted by atomic mass is 10.0. The molecule has 0 aromatic heterocycles. The van der Waals surface area contributed by atoms with Crippen LogP contribution >= 0.6 is 0 Å². The molecule has 2 aromatic carbocycles. The van der Waals surface area contributed by atoms with Crippen LogP contribution in [0.5, 0.6) is 5.75 Å². The van der Waals surface area contributed by atoms with Crippen molar-refractivity contribution in [1.82, 2.24) is 0 Å². The first-order valence-electron chi connectivity index (χ1n) is 13.2. The first-order chi connectivity index (χ1) is 16.5. The Bertz CT molecular complexity index is 802. The van der Waals surface area contributed by atoms with Crippen molar-refractivity contribution in [3.63, 3.8) is 0 Å². The number of aryl methyl sites for hydroxylation is 1. The van der Waals surface area contributed by atoms with Gasteiger partial charge in [-0.15, -0.1) is 0 Å². The third-order valence-corrected chi connectivity index (χ3v) is 6.53. The molecule has 2 aromatic rings. The van der Waals surface area contributed by atoms with Gasteiger partial charge in [-0.3, -0.25) is 0 Å². The highest BCUT2D eigenvalue weighted by atomic mass is 16.7. The van der Waals surface area contributed by atoms with Crippen LogP contribution in [0.15, 0.2) is 54.6 Å². The highest BCUT2D eigenvalue weighted by Crippen LogP contribution is 2.20. The molecular weight excluding hydrogens is 422 g/mol. The average Bonchev–Trinajstić information content (AvgIpc) is 2.83. The number of hydrogen-bond acceptors (Lipinski definition) is 3. The Kier molecular flexibility index (Phi) is 12.8. The molecule has 0 heterocycles. The first kappa shape index (κ1) is 27.9. The molecule has 188 valence electrons. The third-order valence-electron chi connectivity index (χ3n) is 6.53. The van der Waals surface area contributed by atoms with E-state index in [1.807, 2.05) is 30.3 Å². The van der Waals surface area contributed by atoms with Crippen molar-refractivity contribution in [3.8, 4) is 5.75 Å². The number of hydrogen-bond donors (Lipinski definition) is 0. The van der Waals surface area contributed by atoms with Gasteiger partial charge in [-0.05, 0) is 37.0 Å². The number of carbonyl (C=O) groups is 1. The van der Waals surface area contributed by atoms with Gasteiger partial charge in [0.05, 0.1) is 14.1 Å². The summed E-state index contributed by atoms with van der Waals surface area (Å²) in [4.78, 5) is 12.9. The van der Waals surface area contributed by atoms with Crippen molar-refractivity contribution < 1.29 is 18.8 Å². The molecule has 0 saturated heterocycles. The van der Waals surface area contributed by atoms with Gasteiger partial charge in [0, 0.05) is 12.0 Å². The summed E-state index contributed by atoms with van der Waals surface area (Å²) in [6.07, 6.45) is 12.1. The quantitative estimate of drug-likeness (QED) is 0.106. The molecule has 2 rings (SSSR count). The Labute approximate surface area is 207 Å². The van der Waals surface area contributed by atoms with Gasteiger partial charge in [-0.1, -0.05) is 94.8 Å². The summed E-state index contributed by atoms with van der Waals surface area (Å²) >= 11 is 0. The largest absolute Gasteiger partial charge is 0.457 e. The number of carbonyl (C=O) groups excluding carboxylic acids is 1. The second-order valence-corrected chi connectivity index (χ2v) is 9.97. The summed E-state index contributed by atoms with van der Waals surface area (Å²) in [5.41, 5.74) is 2.55. The number of ether oxygens (including phenoxy) is 2. The number of esters is 1. The molecule has 0 N–H and O–H groups in total. The van der Waals surface area contributed by atoms with Crippen LogP contribution in [0.4, 0.5) is 0 Å². The van der Waals surface area contributed by atoms with Gasteiger partial charge in [0.25, 0.3) is 0 Å². The number of quaternary nitrogens is 1. The van der Waals surface area contributed by atoms with Crippen LogP contribution in [0.2, 0.25) is 0 Å². The third kappa shape index (κ3) is 10.3. The number of nitrogens with zero attached hydrogens (tertiary/aromatic N) is 1. The molecule has 0 amide bonds. The van der Waals surface area contributed by atoms with Crippen molar-refractivity contribution in [2.45, 2.75) is 90.6 Å². The second kappa shape index (κ2) is 15.5. The van der Waals surface area contributed by atoms with E-state index in [1.54, 1.807) is 0 Å². The summed E-state index contributed by atoms with van der Waals surface area (Å²) in [5, 5.41) is 0. The van der Waals surface area contributed by atoms with Crippen molar-refractivity contribution in [2.75, 3.05) is 20.9 Å². The highest BCUT2D eigenvalue weighted by Gasteiger charge is 2.35. The van der Waals surface area contributed by atoms with E-state index < -0.39 is 0 Å². The SMILES string of the molecule is CCCCCCCCCc1ccc(OCOC(=O)C(CCC)[N+](C)(C)Cc2ccccc2)cc1. The number of likely N-dealkylation sites (N-methyl/N-ethyl adjacent to an activating group) is 1. The molecule has 0 bridgehead atoms. The molecule has 1 atom stereocenters. The smallest absolute Gasteiger partial charge is 0.367 e. The van der Waals surface area contributed by atoms with Crippen LogP contribution in [-0.4, -0.2) is 37.4 Å². The van der Waals surface area contributed by atoms with E-state index in [-0.39, 0.29) is 18.8 Å². The van der Waals surface area contributed by atoms with Gasteiger partial charge in [-0.2, -0.15) is 0 Å². The Balaban J connectivity index is 1.75. The maximum absolute atomic E-state index is 12.9. The molecule has 1 unspecified atom stereocenters. The molecule has 0 radical (unpaired) electrons. The van der Waals surface area contributed by atoms with E-state index in [9.17, 15) is 4.79 Å². The van der Waals surface area contributed by atoms with Gasteiger partial charge < -0.3 is 14.0 Å². The van der Waals surface area contributed by atoms with Gasteiger partial charge in [0.15, 0.2) is 6.04 Å². The van der Waals surface area contributed by atoms with Crippen LogP contribution in [0.3, 0.4) is 0 Å². The van der Waals surface area contributed by atoms with Crippen molar-refractivity contribution in [2.24, 2.45) is 0 Å². The summed E-state index contributed by atoms with van der Waals surface area (Å²) in [6.45, 7) is 5.09. The van der Waals surface area contributed by atoms with E-state index in [1.165, 1.54) is 56.1 Å². The van der Waals surface area contributed by atoms with E-state index in [0.29, 0.717) is 4.48 Å². The second-order valence-electron chi connectivity index (χ2n) is 9.97. The lowest BCUT2D eigenvalue weighted by molar-refractivity contribution is -0.920. The summed E-state index contributed by atoms with van der Waals surface area (Å²) in [5.74, 6) is 0.541. The minimum Gasteiger partial charge on any atom is -0.457 e. The number of benzene rings is 2. The molecule has 0 fully saturated rings. The number of rotatable bonds is 17. The summed E-state index contributed by atoms with van der Waals surface area (Å²) in [6, 6.07) is 18.3. The summed E-state index contributed by atoms with van der Waals surface area (Å²) in [7, 11) is 4.19. The summed E-state index contributed by atoms with van der Waals surface area (Å²) < 4.78 is 11.8. The molecule has 0 aliphatic rings. The molecule has 0 spiro atoms. The fourth-order valence-electron chi connectivity index (χ4n) is 4.48. The molecule has 0 saturated carbocycles. The Morgan fingerprint density at radius 2 is 1.44 bits per heavy atom. The Morgan fingerprint density at radius 3 is 2.09 bits per heavy atom. The predicted molar refractivity (Wildman–Crippen MR) is 141 cm³/mol. The number of unbranched alkanes of at least 4 members (excludes halogenated alkanes) is 6. The molecule has 0 aliphatic carbocycles. The maximum Gasteiger partial charge on any atom is 0.367 e. The van der Waals surface area contributed by atoms with Crippen LogP contribution < -0.4 is 4.74 Å². The molecule has 0 aliphatic heterocycles. The van der Waals surface area contributed by atoms with Gasteiger partial charge >= 0.3 is 5.97 Å². The van der Waals surface area contributed by atoms with Crippen LogP contribution in [0.25, 0.3) is 0 Å². The first-order valence-corrected chi connectivity index (χ1v) is 13.2. The highest BCUT2D eigenvalue weighted by molar-refractivity contribution is 5.74. The zero-order valence-corrected chi connectivity index (χ0v) is 21.9. The van der Waals surface area contributed by atoms with Crippen LogP contribution in [0, 0.1) is 0 Å². The van der Waals surface area contributed by atoms with E-state index >= 15 is 0 Å². The fourth-order valence-corrected chi connectivity index (χ4v) is 4.48. The molecule has 4 heteroatoms. The Hall–Kier alpha value is -2.33. The zero-order chi connectivity index (χ0) is 24.7. The molecular formula is C30H46NO3+. The van der Waals surface area contributed by atoms with Crippen LogP contribution in [0.1, 0.15) is 82.8 Å². The standard InChI is InChI=1S/C30H46NO3/c1-5-7-8-9-10-11-13-17-26-20-22-28(23-21-26)33-25-34-30(32)29(16-6-2)31(3,4)24-27-18-14-12-15-19-27/h12,14-15,18-23,29H,5-11,13,16-17,24-25H2,1-4H3/q+1. The molecule has 34 heavy (non-hydrogen) atoms. The fraction of sp³-hybridized carbons (Fsp3) is 0.567. The van der Waals surface area contributed by atoms with Crippen LogP contribution in [-0.2, 0) is 22.5 Å². The lowest BCUT2D eigenvalue weighted by Gasteiger charge is -2.36. The molecule has 4 nitrogen and oxygen atoms in total. The lowest BCUT2D eigenvalue weighted by Crippen LogP contribution is -2.53. The topological polar surface area (TPSA) is 35.5 Å². The van der Waals surface area contributed by atoms with Gasteiger partial charge in [-0.25, -0.2) is 4.79 Å². The van der Waals surface area contributed by atoms with E-state index in [4.69, 9.17) is 9.47 Å². The van der Waals surface area contributed by atoms with Crippen molar-refractivity contribution in [1.29, 1.82) is 0 Å². The zero-order valence-electron chi connectivity index (χ0n) is 21.9. The Morgan fingerprint density at radius 1 is 0.794 bits per heavy atom. The monoisotopic (exact) mass is 468 g/mol. The van der Waals surface area contributed by atoms with Crippen molar-refractivity contribution in [3.05, 3.63) is 65.7 Å². The van der Waals surface area contributed by atoms with E-state index in [0.717, 1.165) is 31.6 Å². The minimum absolute atomic E-state index is 0.0541. The van der Waals surface area contributed by atoms with E-state index in [2.05, 4.69) is 52.2 Å². The average molecular weight is 469 g/mol. The maximum atomic E-state index is 12.9. The van der Waals surface area contributed by atoms with Gasteiger partial charge in [0.2, 0.25) is 6.79 Å². The predicted octanol–water partition coefficient (Wildman–Crippen LogP) is 7.30. The van der Waals surface area contributed by atoms with Gasteiger partial charge in [0.1, 0.15) is 12.3 Å². The minimum atomic E-state index is -0.224.